The van der Waals surface area contributed by atoms with Crippen LogP contribution >= 0.6 is 0 Å². The number of furan rings is 1. The first-order valence-corrected chi connectivity index (χ1v) is 14.0. The van der Waals surface area contributed by atoms with Gasteiger partial charge >= 0.3 is 0 Å². The predicted molar refractivity (Wildman–Crippen MR) is 161 cm³/mol. The highest BCUT2D eigenvalue weighted by Crippen LogP contribution is 2.58. The lowest BCUT2D eigenvalue weighted by molar-refractivity contribution is 0.245. The average molecular weight is 522 g/mol. The summed E-state index contributed by atoms with van der Waals surface area (Å²) in [6, 6.07) is 17.4. The van der Waals surface area contributed by atoms with E-state index in [1.807, 2.05) is 13.1 Å². The summed E-state index contributed by atoms with van der Waals surface area (Å²) >= 11 is 0. The third-order valence-corrected chi connectivity index (χ3v) is 9.27. The first-order valence-electron chi connectivity index (χ1n) is 14.0. The zero-order valence-corrected chi connectivity index (χ0v) is 24.6. The van der Waals surface area contributed by atoms with E-state index < -0.39 is 5.66 Å². The molecule has 2 atom stereocenters. The van der Waals surface area contributed by atoms with Crippen LogP contribution in [-0.4, -0.2) is 20.2 Å². The fraction of sp³-hybridized carbons (Fsp3) is 0.394. The molecule has 1 aliphatic rings. The van der Waals surface area contributed by atoms with Gasteiger partial charge in [0.1, 0.15) is 11.5 Å². The van der Waals surface area contributed by atoms with Crippen molar-refractivity contribution >= 4 is 39.1 Å². The number of aryl methyl sites for hydroxylation is 3. The van der Waals surface area contributed by atoms with Crippen molar-refractivity contribution in [2.45, 2.75) is 73.0 Å². The maximum atomic E-state index is 6.62. The Morgan fingerprint density at radius 3 is 2.33 bits per heavy atom. The van der Waals surface area contributed by atoms with Gasteiger partial charge in [-0.25, -0.2) is 9.97 Å². The zero-order chi connectivity index (χ0) is 27.9. The molecule has 5 aromatic rings. The Morgan fingerprint density at radius 1 is 0.974 bits per heavy atom. The van der Waals surface area contributed by atoms with Crippen LogP contribution in [0.4, 0.5) is 17.1 Å². The fourth-order valence-electron chi connectivity index (χ4n) is 6.83. The Kier molecular flexibility index (Phi) is 5.62. The van der Waals surface area contributed by atoms with Crippen LogP contribution in [0.1, 0.15) is 63.8 Å². The Balaban J connectivity index is 1.69. The largest absolute Gasteiger partial charge is 0.435 e. The molecule has 6 nitrogen and oxygen atoms in total. The zero-order valence-electron chi connectivity index (χ0n) is 24.6. The number of nitrogens with zero attached hydrogens (tertiary/aromatic N) is 5. The van der Waals surface area contributed by atoms with E-state index in [0.29, 0.717) is 11.6 Å². The van der Waals surface area contributed by atoms with Gasteiger partial charge in [-0.2, -0.15) is 0 Å². The quantitative estimate of drug-likeness (QED) is 0.233. The third kappa shape index (κ3) is 3.39. The van der Waals surface area contributed by atoms with Crippen LogP contribution in [0.5, 0.6) is 0 Å². The molecule has 0 spiro atoms. The second kappa shape index (κ2) is 8.60. The molecule has 0 aliphatic carbocycles. The molecule has 4 heterocycles. The minimum Gasteiger partial charge on any atom is -0.435 e. The summed E-state index contributed by atoms with van der Waals surface area (Å²) in [6.07, 6.45) is 3.06. The topological polar surface area (TPSA) is 50.3 Å². The number of aromatic nitrogens is 3. The molecule has 6 heteroatoms. The monoisotopic (exact) mass is 521 g/mol. The minimum absolute atomic E-state index is 0.318. The van der Waals surface area contributed by atoms with Crippen LogP contribution in [-0.2, 0) is 12.6 Å². The number of para-hydroxylation sites is 2. The summed E-state index contributed by atoms with van der Waals surface area (Å²) in [6.45, 7) is 18.0. The van der Waals surface area contributed by atoms with Gasteiger partial charge in [0.2, 0.25) is 5.71 Å². The van der Waals surface area contributed by atoms with Crippen LogP contribution in [0.15, 0.2) is 59.1 Å². The van der Waals surface area contributed by atoms with Gasteiger partial charge in [-0.05, 0) is 83.7 Å². The van der Waals surface area contributed by atoms with Gasteiger partial charge in [0, 0.05) is 23.5 Å². The van der Waals surface area contributed by atoms with E-state index in [0.717, 1.165) is 40.0 Å². The number of anilines is 3. The van der Waals surface area contributed by atoms with Gasteiger partial charge in [-0.15, -0.1) is 0 Å². The highest BCUT2D eigenvalue weighted by atomic mass is 16.3. The van der Waals surface area contributed by atoms with Gasteiger partial charge < -0.3 is 18.8 Å². The van der Waals surface area contributed by atoms with Crippen molar-refractivity contribution in [2.24, 2.45) is 13.0 Å². The predicted octanol–water partition coefficient (Wildman–Crippen LogP) is 8.30. The lowest BCUT2D eigenvalue weighted by Crippen LogP contribution is -2.63. The van der Waals surface area contributed by atoms with Crippen molar-refractivity contribution in [3.05, 3.63) is 77.5 Å². The highest BCUT2D eigenvalue weighted by molar-refractivity contribution is 6.10. The van der Waals surface area contributed by atoms with Crippen LogP contribution in [0.2, 0.25) is 0 Å². The number of imidazole rings is 1. The second-order valence-corrected chi connectivity index (χ2v) is 11.9. The molecule has 39 heavy (non-hydrogen) atoms. The number of pyridine rings is 1. The van der Waals surface area contributed by atoms with Crippen LogP contribution in [0.3, 0.4) is 0 Å². The summed E-state index contributed by atoms with van der Waals surface area (Å²) in [4.78, 5) is 14.6. The third-order valence-electron chi connectivity index (χ3n) is 9.27. The molecule has 0 radical (unpaired) electrons. The first-order chi connectivity index (χ1) is 18.5. The smallest absolute Gasteiger partial charge is 0.227 e. The van der Waals surface area contributed by atoms with Crippen molar-refractivity contribution in [1.82, 2.24) is 14.5 Å². The Labute approximate surface area is 231 Å². The SMILES string of the molecule is CCC(C)[C@]1(C)N(c2c(C)ccc3c2oc2nc(C)ccc23)c2ccccc2N1C(C)(C)c1cnc(C)n1C. The lowest BCUT2D eigenvalue weighted by Gasteiger charge is -2.53. The molecule has 0 N–H and O–H groups in total. The number of hydrogen-bond acceptors (Lipinski definition) is 5. The van der Waals surface area contributed by atoms with E-state index in [-0.39, 0.29) is 5.54 Å². The van der Waals surface area contributed by atoms with Crippen LogP contribution in [0.25, 0.3) is 22.1 Å². The van der Waals surface area contributed by atoms with Crippen molar-refractivity contribution in [1.29, 1.82) is 0 Å². The molecule has 1 unspecified atom stereocenters. The normalized spacial score (nSPS) is 18.4. The molecule has 0 amide bonds. The van der Waals surface area contributed by atoms with E-state index in [9.17, 15) is 0 Å². The van der Waals surface area contributed by atoms with E-state index in [2.05, 4.69) is 123 Å². The number of benzene rings is 2. The number of rotatable bonds is 5. The Morgan fingerprint density at radius 2 is 1.67 bits per heavy atom. The van der Waals surface area contributed by atoms with Crippen molar-refractivity contribution in [3.8, 4) is 0 Å². The van der Waals surface area contributed by atoms with Crippen molar-refractivity contribution in [2.75, 3.05) is 9.80 Å². The second-order valence-electron chi connectivity index (χ2n) is 11.9. The molecule has 2 aromatic carbocycles. The molecule has 0 saturated carbocycles. The maximum absolute atomic E-state index is 6.62. The molecule has 0 bridgehead atoms. The van der Waals surface area contributed by atoms with Crippen LogP contribution < -0.4 is 9.80 Å². The standard InChI is InChI=1S/C33H39N5O/c1-10-21(3)33(8)37(29-20(2)15-17-24-25-18-16-22(4)35-31(25)39-30(24)29)26-13-11-12-14-27(26)38(33)32(6,7)28-19-34-23(5)36(28)9/h11-19,21H,10H2,1-9H3/t21?,33-/m1/s1. The maximum Gasteiger partial charge on any atom is 0.227 e. The van der Waals surface area contributed by atoms with E-state index in [1.165, 1.54) is 22.6 Å². The van der Waals surface area contributed by atoms with Gasteiger partial charge in [0.15, 0.2) is 5.58 Å². The van der Waals surface area contributed by atoms with E-state index in [1.54, 1.807) is 0 Å². The molecular weight excluding hydrogens is 482 g/mol. The molecule has 6 rings (SSSR count). The molecule has 0 fully saturated rings. The molecule has 202 valence electrons. The van der Waals surface area contributed by atoms with Gasteiger partial charge in [0.25, 0.3) is 0 Å². The first kappa shape index (κ1) is 25.5. The summed E-state index contributed by atoms with van der Waals surface area (Å²) in [5, 5.41) is 2.15. The molecule has 3 aromatic heterocycles. The summed E-state index contributed by atoms with van der Waals surface area (Å²) in [5.74, 6) is 1.33. The minimum atomic E-state index is -0.401. The summed E-state index contributed by atoms with van der Waals surface area (Å²) < 4.78 is 8.85. The molecule has 1 aliphatic heterocycles. The van der Waals surface area contributed by atoms with E-state index >= 15 is 0 Å². The fourth-order valence-corrected chi connectivity index (χ4v) is 6.83. The lowest BCUT2D eigenvalue weighted by atomic mass is 9.85. The summed E-state index contributed by atoms with van der Waals surface area (Å²) in [7, 11) is 2.12. The Bertz CT molecular complexity index is 1730. The van der Waals surface area contributed by atoms with Crippen LogP contribution in [0, 0.1) is 26.7 Å². The number of fused-ring (bicyclic) bond motifs is 4. The van der Waals surface area contributed by atoms with Gasteiger partial charge in [0.05, 0.1) is 34.5 Å². The molecular formula is C33H39N5O. The average Bonchev–Trinajstić information content (AvgIpc) is 3.53. The van der Waals surface area contributed by atoms with Gasteiger partial charge in [-0.3, -0.25) is 0 Å². The van der Waals surface area contributed by atoms with Crippen molar-refractivity contribution in [3.63, 3.8) is 0 Å². The van der Waals surface area contributed by atoms with E-state index in [4.69, 9.17) is 9.40 Å². The summed E-state index contributed by atoms with van der Waals surface area (Å²) in [5.41, 5.74) is 7.66. The highest BCUT2D eigenvalue weighted by Gasteiger charge is 2.56. The number of hydrogen-bond donors (Lipinski definition) is 0. The van der Waals surface area contributed by atoms with Gasteiger partial charge in [-0.1, -0.05) is 38.1 Å². The van der Waals surface area contributed by atoms with Crippen molar-refractivity contribution < 1.29 is 4.42 Å². The molecule has 0 saturated heterocycles. The Hall–Kier alpha value is -3.80.